The van der Waals surface area contributed by atoms with Gasteiger partial charge in [-0.25, -0.2) is 4.98 Å². The Morgan fingerprint density at radius 3 is 2.48 bits per heavy atom. The third-order valence-corrected chi connectivity index (χ3v) is 8.49. The second-order valence-electron chi connectivity index (χ2n) is 11.1. The first-order valence-electron chi connectivity index (χ1n) is 14.9. The van der Waals surface area contributed by atoms with E-state index in [1.807, 2.05) is 36.4 Å². The molecule has 3 aromatic rings. The first kappa shape index (κ1) is 31.6. The molecule has 2 heterocycles. The molecule has 4 rings (SSSR count). The van der Waals surface area contributed by atoms with Gasteiger partial charge in [-0.15, -0.1) is 11.3 Å². The Kier molecular flexibility index (Phi) is 11.9. The van der Waals surface area contributed by atoms with Crippen LogP contribution in [0.4, 0.5) is 0 Å². The molecule has 2 aromatic carbocycles. The fraction of sp³-hybridized carbons (Fsp3) is 0.500. The molecular formula is C32H43N5O4S. The minimum Gasteiger partial charge on any atom is -0.379 e. The number of rotatable bonds is 14. The number of thiazole rings is 1. The molecule has 1 fully saturated rings. The van der Waals surface area contributed by atoms with E-state index in [1.165, 1.54) is 5.56 Å². The van der Waals surface area contributed by atoms with Crippen LogP contribution >= 0.6 is 11.3 Å². The number of fused-ring (bicyclic) bond motifs is 1. The fourth-order valence-corrected chi connectivity index (χ4v) is 5.96. The van der Waals surface area contributed by atoms with Crippen molar-refractivity contribution in [2.75, 3.05) is 39.4 Å². The number of ether oxygens (including phenoxy) is 1. The molecule has 3 amide bonds. The molecule has 0 bridgehead atoms. The second-order valence-corrected chi connectivity index (χ2v) is 12.2. The third-order valence-electron chi connectivity index (χ3n) is 7.45. The molecule has 9 nitrogen and oxygen atoms in total. The maximum absolute atomic E-state index is 13.7. The zero-order valence-corrected chi connectivity index (χ0v) is 25.7. The van der Waals surface area contributed by atoms with Crippen molar-refractivity contribution in [3.05, 3.63) is 64.7 Å². The van der Waals surface area contributed by atoms with Crippen molar-refractivity contribution in [1.82, 2.24) is 25.8 Å². The highest BCUT2D eigenvalue weighted by Gasteiger charge is 2.25. The molecule has 0 spiro atoms. The van der Waals surface area contributed by atoms with E-state index in [4.69, 9.17) is 9.72 Å². The van der Waals surface area contributed by atoms with Crippen molar-refractivity contribution < 1.29 is 19.1 Å². The number of hydrogen-bond donors (Lipinski definition) is 3. The molecule has 1 saturated heterocycles. The molecular weight excluding hydrogens is 550 g/mol. The van der Waals surface area contributed by atoms with E-state index in [0.29, 0.717) is 38.5 Å². The number of amides is 3. The Morgan fingerprint density at radius 2 is 1.76 bits per heavy atom. The first-order chi connectivity index (χ1) is 20.3. The van der Waals surface area contributed by atoms with Crippen LogP contribution in [0.3, 0.4) is 0 Å². The monoisotopic (exact) mass is 593 g/mol. The van der Waals surface area contributed by atoms with E-state index in [1.54, 1.807) is 18.3 Å². The summed E-state index contributed by atoms with van der Waals surface area (Å²) in [4.78, 5) is 45.7. The van der Waals surface area contributed by atoms with Gasteiger partial charge in [0.15, 0.2) is 0 Å². The molecule has 0 aliphatic carbocycles. The number of carbonyl (C=O) groups excluding carboxylic acids is 3. The molecule has 1 aliphatic heterocycles. The predicted molar refractivity (Wildman–Crippen MR) is 167 cm³/mol. The van der Waals surface area contributed by atoms with Gasteiger partial charge >= 0.3 is 0 Å². The largest absolute Gasteiger partial charge is 0.379 e. The van der Waals surface area contributed by atoms with Crippen LogP contribution in [0.2, 0.25) is 0 Å². The first-order valence-corrected chi connectivity index (χ1v) is 15.7. The summed E-state index contributed by atoms with van der Waals surface area (Å²) in [6.07, 6.45) is 1.49. The van der Waals surface area contributed by atoms with Crippen LogP contribution in [0, 0.1) is 0 Å². The zero-order chi connectivity index (χ0) is 29.9. The highest BCUT2D eigenvalue weighted by atomic mass is 32.1. The van der Waals surface area contributed by atoms with E-state index in [2.05, 4.69) is 46.8 Å². The summed E-state index contributed by atoms with van der Waals surface area (Å²) in [5.74, 6) is -0.139. The molecule has 0 unspecified atom stereocenters. The summed E-state index contributed by atoms with van der Waals surface area (Å²) in [6, 6.07) is 15.0. The minimum absolute atomic E-state index is 0.0557. The summed E-state index contributed by atoms with van der Waals surface area (Å²) >= 11 is 1.55. The number of nitrogens with one attached hydrogen (secondary N) is 3. The van der Waals surface area contributed by atoms with Crippen LogP contribution in [0.25, 0.3) is 10.2 Å². The summed E-state index contributed by atoms with van der Waals surface area (Å²) in [6.45, 7) is 10.1. The summed E-state index contributed by atoms with van der Waals surface area (Å²) in [7, 11) is 0. The summed E-state index contributed by atoms with van der Waals surface area (Å²) in [5.41, 5.74) is 3.18. The van der Waals surface area contributed by atoms with Gasteiger partial charge < -0.3 is 20.7 Å². The van der Waals surface area contributed by atoms with Crippen molar-refractivity contribution in [1.29, 1.82) is 0 Å². The van der Waals surface area contributed by atoms with Crippen LogP contribution in [-0.2, 0) is 32.0 Å². The lowest BCUT2D eigenvalue weighted by Gasteiger charge is -2.26. The van der Waals surface area contributed by atoms with E-state index >= 15 is 0 Å². The maximum atomic E-state index is 13.7. The molecule has 3 N–H and O–H groups in total. The minimum atomic E-state index is -0.780. The molecule has 2 atom stereocenters. The lowest BCUT2D eigenvalue weighted by Crippen LogP contribution is -2.53. The molecule has 1 aromatic heterocycles. The highest BCUT2D eigenvalue weighted by molar-refractivity contribution is 7.18. The van der Waals surface area contributed by atoms with Gasteiger partial charge in [-0.2, -0.15) is 0 Å². The second kappa shape index (κ2) is 15.8. The quantitative estimate of drug-likeness (QED) is 0.264. The summed E-state index contributed by atoms with van der Waals surface area (Å²) < 4.78 is 6.45. The van der Waals surface area contributed by atoms with Gasteiger partial charge in [0.05, 0.1) is 34.5 Å². The van der Waals surface area contributed by atoms with Gasteiger partial charge in [0.25, 0.3) is 0 Å². The van der Waals surface area contributed by atoms with Gasteiger partial charge in [-0.1, -0.05) is 57.2 Å². The fourth-order valence-electron chi connectivity index (χ4n) is 4.90. The Labute approximate surface area is 252 Å². The average molecular weight is 594 g/mol. The zero-order valence-electron chi connectivity index (χ0n) is 24.9. The van der Waals surface area contributed by atoms with Crippen LogP contribution in [0.15, 0.2) is 48.5 Å². The van der Waals surface area contributed by atoms with E-state index in [9.17, 15) is 14.4 Å². The average Bonchev–Trinajstić information content (AvgIpc) is 3.41. The van der Waals surface area contributed by atoms with Crippen LogP contribution < -0.4 is 16.0 Å². The lowest BCUT2D eigenvalue weighted by atomic mass is 10.0. The molecule has 10 heteroatoms. The number of aromatic nitrogens is 1. The highest BCUT2D eigenvalue weighted by Crippen LogP contribution is 2.27. The smallest absolute Gasteiger partial charge is 0.243 e. The third kappa shape index (κ3) is 9.61. The maximum Gasteiger partial charge on any atom is 0.243 e. The van der Waals surface area contributed by atoms with Crippen molar-refractivity contribution >= 4 is 39.3 Å². The normalized spacial score (nSPS) is 15.3. The van der Waals surface area contributed by atoms with Crippen molar-refractivity contribution in [3.63, 3.8) is 0 Å². The SMILES string of the molecule is CCC(=O)N[C@@H](Cc1nc2ccc(C(C)C)cc2s1)C(=O)N[C@H](CNC(=O)CCN1CCOCC1)Cc1ccccc1. The topological polar surface area (TPSA) is 113 Å². The molecule has 42 heavy (non-hydrogen) atoms. The Hall–Kier alpha value is -3.34. The molecule has 226 valence electrons. The lowest BCUT2D eigenvalue weighted by molar-refractivity contribution is -0.129. The van der Waals surface area contributed by atoms with Crippen molar-refractivity contribution in [2.24, 2.45) is 0 Å². The van der Waals surface area contributed by atoms with Crippen molar-refractivity contribution in [3.8, 4) is 0 Å². The van der Waals surface area contributed by atoms with Gasteiger partial charge in [-0.05, 0) is 35.6 Å². The standard InChI is InChI=1S/C32H43N5O4S/c1-4-29(38)35-27(20-31-36-26-11-10-24(22(2)3)19-28(26)42-31)32(40)34-25(18-23-8-6-5-7-9-23)21-33-30(39)12-13-37-14-16-41-17-15-37/h5-11,19,22,25,27H,4,12-18,20-21H2,1-3H3,(H,33,39)(H,34,40)(H,35,38)/t25-,27-/m0/s1. The van der Waals surface area contributed by atoms with E-state index in [0.717, 1.165) is 33.9 Å². The van der Waals surface area contributed by atoms with Crippen LogP contribution in [0.5, 0.6) is 0 Å². The Bertz CT molecular complexity index is 1320. The molecule has 1 aliphatic rings. The number of morpholine rings is 1. The van der Waals surface area contributed by atoms with Crippen molar-refractivity contribution in [2.45, 2.75) is 64.5 Å². The van der Waals surface area contributed by atoms with Gasteiger partial charge in [-0.3, -0.25) is 19.3 Å². The molecule has 0 radical (unpaired) electrons. The molecule has 0 saturated carbocycles. The Balaban J connectivity index is 1.43. The predicted octanol–water partition coefficient (Wildman–Crippen LogP) is 3.42. The van der Waals surface area contributed by atoms with Crippen LogP contribution in [0.1, 0.15) is 55.7 Å². The Morgan fingerprint density at radius 1 is 1.00 bits per heavy atom. The number of nitrogens with zero attached hydrogens (tertiary/aromatic N) is 2. The number of benzene rings is 2. The number of carbonyl (C=O) groups is 3. The van der Waals surface area contributed by atoms with Crippen LogP contribution in [-0.4, -0.2) is 79.1 Å². The number of hydrogen-bond acceptors (Lipinski definition) is 7. The van der Waals surface area contributed by atoms with E-state index < -0.39 is 6.04 Å². The summed E-state index contributed by atoms with van der Waals surface area (Å²) in [5, 5.41) is 9.81. The van der Waals surface area contributed by atoms with Gasteiger partial charge in [0, 0.05) is 45.4 Å². The van der Waals surface area contributed by atoms with Gasteiger partial charge in [0.2, 0.25) is 17.7 Å². The van der Waals surface area contributed by atoms with Gasteiger partial charge in [0.1, 0.15) is 6.04 Å². The van der Waals surface area contributed by atoms with E-state index in [-0.39, 0.29) is 43.1 Å².